The summed E-state index contributed by atoms with van der Waals surface area (Å²) < 4.78 is 62.1. The summed E-state index contributed by atoms with van der Waals surface area (Å²) in [6, 6.07) is 6.95. The number of hydrogen-bond donors (Lipinski definition) is 1. The van der Waals surface area contributed by atoms with Gasteiger partial charge in [-0.25, -0.2) is 23.7 Å². The van der Waals surface area contributed by atoms with Gasteiger partial charge in [0, 0.05) is 56.0 Å². The fourth-order valence-corrected chi connectivity index (χ4v) is 5.17. The van der Waals surface area contributed by atoms with Crippen LogP contribution in [0, 0.1) is 11.6 Å². The highest BCUT2D eigenvalue weighted by atomic mass is 32.2. The number of halogens is 2. The van der Waals surface area contributed by atoms with E-state index >= 15 is 0 Å². The summed E-state index contributed by atoms with van der Waals surface area (Å²) in [4.78, 5) is 18.6. The Hall–Kier alpha value is -3.10. The van der Waals surface area contributed by atoms with Gasteiger partial charge in [-0.05, 0) is 12.1 Å². The predicted octanol–water partition coefficient (Wildman–Crippen LogP) is 2.32. The van der Waals surface area contributed by atoms with E-state index in [-0.39, 0.29) is 41.3 Å². The van der Waals surface area contributed by atoms with Crippen LogP contribution >= 0.6 is 11.8 Å². The number of aromatic nitrogens is 4. The van der Waals surface area contributed by atoms with Gasteiger partial charge in [0.15, 0.2) is 16.8 Å². The number of rotatable bonds is 8. The highest BCUT2D eigenvalue weighted by Crippen LogP contribution is 2.26. The minimum Gasteiger partial charge on any atom is -0.481 e. The third-order valence-electron chi connectivity index (χ3n) is 4.93. The van der Waals surface area contributed by atoms with Crippen LogP contribution in [-0.4, -0.2) is 65.9 Å². The van der Waals surface area contributed by atoms with Crippen molar-refractivity contribution in [2.75, 3.05) is 42.9 Å². The highest BCUT2D eigenvalue weighted by molar-refractivity contribution is 7.98. The lowest BCUT2D eigenvalue weighted by Gasteiger charge is -2.33. The summed E-state index contributed by atoms with van der Waals surface area (Å²) in [6.45, 7) is 1.32. The maximum absolute atomic E-state index is 13.9. The molecule has 10 nitrogen and oxygen atoms in total. The quantitative estimate of drug-likeness (QED) is 0.361. The first-order valence-electron chi connectivity index (χ1n) is 10.1. The zero-order chi connectivity index (χ0) is 24.1. The van der Waals surface area contributed by atoms with Gasteiger partial charge in [0.25, 0.3) is 0 Å². The second kappa shape index (κ2) is 10.4. The first kappa shape index (κ1) is 24.0. The third kappa shape index (κ3) is 5.69. The van der Waals surface area contributed by atoms with Crippen LogP contribution in [0.4, 0.5) is 20.5 Å². The Bertz CT molecular complexity index is 1240. The minimum atomic E-state index is -3.91. The first-order valence-corrected chi connectivity index (χ1v) is 12.6. The molecule has 1 fully saturated rings. The van der Waals surface area contributed by atoms with Crippen LogP contribution in [0.3, 0.4) is 0 Å². The Labute approximate surface area is 199 Å². The number of hydrogen-bond acceptors (Lipinski definition) is 9. The summed E-state index contributed by atoms with van der Waals surface area (Å²) >= 11 is 1.02. The van der Waals surface area contributed by atoms with Crippen molar-refractivity contribution in [1.82, 2.24) is 24.2 Å². The van der Waals surface area contributed by atoms with E-state index in [1.165, 1.54) is 29.6 Å². The summed E-state index contributed by atoms with van der Waals surface area (Å²) in [7, 11) is -2.53. The van der Waals surface area contributed by atoms with Crippen molar-refractivity contribution in [3.8, 4) is 5.88 Å². The molecule has 0 atom stereocenters. The SMILES string of the molecule is COc1cc(NS(=O)(=O)N2CCN(c3ncccn3)CC2)nc(SCc2cccc(F)c2F)n1. The molecule has 0 saturated carbocycles. The van der Waals surface area contributed by atoms with Gasteiger partial charge in [0.2, 0.25) is 11.8 Å². The lowest BCUT2D eigenvalue weighted by Crippen LogP contribution is -2.50. The fourth-order valence-electron chi connectivity index (χ4n) is 3.21. The third-order valence-corrected chi connectivity index (χ3v) is 7.33. The summed E-state index contributed by atoms with van der Waals surface area (Å²) in [5.41, 5.74) is 0.138. The molecule has 1 saturated heterocycles. The van der Waals surface area contributed by atoms with E-state index in [4.69, 9.17) is 4.74 Å². The first-order chi connectivity index (χ1) is 16.4. The molecule has 1 aliphatic heterocycles. The number of methoxy groups -OCH3 is 1. The molecule has 0 amide bonds. The molecule has 1 N–H and O–H groups in total. The van der Waals surface area contributed by atoms with E-state index in [1.807, 2.05) is 4.90 Å². The van der Waals surface area contributed by atoms with Gasteiger partial charge in [0.05, 0.1) is 7.11 Å². The van der Waals surface area contributed by atoms with Gasteiger partial charge < -0.3 is 9.64 Å². The number of piperazine rings is 1. The van der Waals surface area contributed by atoms with Crippen molar-refractivity contribution in [1.29, 1.82) is 0 Å². The number of ether oxygens (including phenoxy) is 1. The summed E-state index contributed by atoms with van der Waals surface area (Å²) in [5.74, 6) is -1.17. The van der Waals surface area contributed by atoms with E-state index in [9.17, 15) is 17.2 Å². The summed E-state index contributed by atoms with van der Waals surface area (Å²) in [6.07, 6.45) is 3.27. The zero-order valence-corrected chi connectivity index (χ0v) is 19.7. The van der Waals surface area contributed by atoms with Gasteiger partial charge in [-0.3, -0.25) is 4.72 Å². The molecule has 14 heteroatoms. The number of benzene rings is 1. The molecule has 1 aromatic carbocycles. The van der Waals surface area contributed by atoms with Crippen LogP contribution < -0.4 is 14.4 Å². The van der Waals surface area contributed by atoms with Crippen LogP contribution in [0.25, 0.3) is 0 Å². The van der Waals surface area contributed by atoms with Gasteiger partial charge in [0.1, 0.15) is 5.82 Å². The van der Waals surface area contributed by atoms with Crippen molar-refractivity contribution in [2.45, 2.75) is 10.9 Å². The molecular weight excluding hydrogens is 488 g/mol. The Kier molecular flexibility index (Phi) is 7.38. The molecule has 0 radical (unpaired) electrons. The molecule has 3 aromatic rings. The molecule has 0 spiro atoms. The smallest absolute Gasteiger partial charge is 0.302 e. The second-order valence-electron chi connectivity index (χ2n) is 7.12. The molecule has 2 aromatic heterocycles. The topological polar surface area (TPSA) is 113 Å². The molecule has 0 aliphatic carbocycles. The molecule has 180 valence electrons. The van der Waals surface area contributed by atoms with Gasteiger partial charge in [-0.1, -0.05) is 23.9 Å². The minimum absolute atomic E-state index is 0.00267. The molecule has 1 aliphatic rings. The molecule has 34 heavy (non-hydrogen) atoms. The van der Waals surface area contributed by atoms with Crippen molar-refractivity contribution in [3.05, 3.63) is 59.9 Å². The fraction of sp³-hybridized carbons (Fsp3) is 0.300. The van der Waals surface area contributed by atoms with Crippen molar-refractivity contribution in [3.63, 3.8) is 0 Å². The van der Waals surface area contributed by atoms with Gasteiger partial charge in [-0.2, -0.15) is 17.7 Å². The number of thioether (sulfide) groups is 1. The van der Waals surface area contributed by atoms with Crippen LogP contribution in [0.15, 0.2) is 47.9 Å². The van der Waals surface area contributed by atoms with Crippen LogP contribution in [0.2, 0.25) is 0 Å². The second-order valence-corrected chi connectivity index (χ2v) is 9.73. The standard InChI is InChI=1S/C20H21F2N7O3S2/c1-32-17-12-16(25-20(26-17)33-13-14-4-2-5-15(21)18(14)22)27-34(30,31)29-10-8-28(9-11-29)19-23-6-3-7-24-19/h2-7,12H,8-11,13H2,1H3,(H,25,26,27). The van der Waals surface area contributed by atoms with Crippen LogP contribution in [0.1, 0.15) is 5.56 Å². The van der Waals surface area contributed by atoms with Crippen molar-refractivity contribution < 1.29 is 21.9 Å². The average molecular weight is 510 g/mol. The van der Waals surface area contributed by atoms with E-state index in [0.717, 1.165) is 17.8 Å². The monoisotopic (exact) mass is 509 g/mol. The van der Waals surface area contributed by atoms with Gasteiger partial charge >= 0.3 is 10.2 Å². The van der Waals surface area contributed by atoms with Crippen LogP contribution in [-0.2, 0) is 16.0 Å². The predicted molar refractivity (Wildman–Crippen MR) is 123 cm³/mol. The van der Waals surface area contributed by atoms with Crippen molar-refractivity contribution in [2.24, 2.45) is 0 Å². The van der Waals surface area contributed by atoms with Crippen LogP contribution in [0.5, 0.6) is 5.88 Å². The lowest BCUT2D eigenvalue weighted by molar-refractivity contribution is 0.385. The zero-order valence-electron chi connectivity index (χ0n) is 18.1. The maximum atomic E-state index is 13.9. The van der Waals surface area contributed by atoms with E-state index in [0.29, 0.717) is 19.0 Å². The van der Waals surface area contributed by atoms with E-state index in [1.54, 1.807) is 18.5 Å². The molecule has 3 heterocycles. The van der Waals surface area contributed by atoms with Crippen molar-refractivity contribution >= 4 is 33.7 Å². The molecular formula is C20H21F2N7O3S2. The lowest BCUT2D eigenvalue weighted by atomic mass is 10.2. The number of nitrogens with zero attached hydrogens (tertiary/aromatic N) is 6. The highest BCUT2D eigenvalue weighted by Gasteiger charge is 2.28. The van der Waals surface area contributed by atoms with E-state index in [2.05, 4.69) is 24.7 Å². The number of anilines is 2. The maximum Gasteiger partial charge on any atom is 0.302 e. The Morgan fingerprint density at radius 1 is 1.09 bits per heavy atom. The summed E-state index contributed by atoms with van der Waals surface area (Å²) in [5, 5.41) is 0.145. The normalized spacial score (nSPS) is 14.7. The van der Waals surface area contributed by atoms with Gasteiger partial charge in [-0.15, -0.1) is 0 Å². The molecule has 0 unspecified atom stereocenters. The Balaban J connectivity index is 1.43. The Morgan fingerprint density at radius 2 is 1.82 bits per heavy atom. The average Bonchev–Trinajstić information content (AvgIpc) is 2.85. The largest absolute Gasteiger partial charge is 0.481 e. The number of nitrogens with one attached hydrogen (secondary N) is 1. The Morgan fingerprint density at radius 3 is 2.53 bits per heavy atom. The van der Waals surface area contributed by atoms with E-state index < -0.39 is 21.8 Å². The molecule has 0 bridgehead atoms. The molecule has 4 rings (SSSR count).